The van der Waals surface area contributed by atoms with Gasteiger partial charge >= 0.3 is 0 Å². The zero-order valence-corrected chi connectivity index (χ0v) is 15.5. The van der Waals surface area contributed by atoms with Gasteiger partial charge in [-0.2, -0.15) is 0 Å². The Morgan fingerprint density at radius 2 is 1.52 bits per heavy atom. The van der Waals surface area contributed by atoms with E-state index in [-0.39, 0.29) is 17.6 Å². The number of hydrogen-bond donors (Lipinski definition) is 0. The predicted molar refractivity (Wildman–Crippen MR) is 92.6 cm³/mol. The molecule has 1 saturated heterocycles. The molecule has 0 spiro atoms. The second kappa shape index (κ2) is 8.47. The fourth-order valence-corrected chi connectivity index (χ4v) is 4.99. The van der Waals surface area contributed by atoms with Crippen LogP contribution in [0.4, 0.5) is 0 Å². The molecule has 5 nitrogen and oxygen atoms in total. The van der Waals surface area contributed by atoms with Gasteiger partial charge in [-0.15, -0.1) is 0 Å². The van der Waals surface area contributed by atoms with Crippen LogP contribution in [0.1, 0.15) is 64.7 Å². The first kappa shape index (κ1) is 18.7. The molecule has 1 saturated carbocycles. The number of carbonyl (C=O) groups is 1. The highest BCUT2D eigenvalue weighted by molar-refractivity contribution is 7.89. The lowest BCUT2D eigenvalue weighted by Crippen LogP contribution is -2.46. The van der Waals surface area contributed by atoms with Crippen LogP contribution in [0, 0.1) is 5.92 Å². The summed E-state index contributed by atoms with van der Waals surface area (Å²) in [5, 5.41) is 0. The third-order valence-corrected chi connectivity index (χ3v) is 7.41. The molecule has 1 amide bonds. The Balaban J connectivity index is 1.88. The van der Waals surface area contributed by atoms with E-state index in [2.05, 4.69) is 0 Å². The molecule has 134 valence electrons. The van der Waals surface area contributed by atoms with E-state index < -0.39 is 10.0 Å². The Labute approximate surface area is 141 Å². The summed E-state index contributed by atoms with van der Waals surface area (Å²) in [6, 6.07) is 0.375. The van der Waals surface area contributed by atoms with Crippen molar-refractivity contribution in [3.05, 3.63) is 0 Å². The maximum atomic E-state index is 12.8. The number of piperidine rings is 1. The van der Waals surface area contributed by atoms with E-state index in [1.54, 1.807) is 11.2 Å². The molecule has 1 heterocycles. The van der Waals surface area contributed by atoms with Gasteiger partial charge in [0.2, 0.25) is 15.9 Å². The van der Waals surface area contributed by atoms with Gasteiger partial charge in [0.05, 0.1) is 5.75 Å². The summed E-state index contributed by atoms with van der Waals surface area (Å²) < 4.78 is 25.4. The maximum absolute atomic E-state index is 12.8. The fourth-order valence-electron chi connectivity index (χ4n) is 3.85. The summed E-state index contributed by atoms with van der Waals surface area (Å²) >= 11 is 0. The lowest BCUT2D eigenvalue weighted by atomic mass is 9.92. The smallest absolute Gasteiger partial charge is 0.225 e. The second-order valence-electron chi connectivity index (χ2n) is 7.02. The molecular formula is C17H32N2O3S. The molecule has 0 N–H and O–H groups in total. The number of rotatable bonds is 4. The van der Waals surface area contributed by atoms with E-state index in [1.165, 1.54) is 32.1 Å². The Kier molecular flexibility index (Phi) is 6.89. The molecule has 0 bridgehead atoms. The molecule has 0 aromatic heterocycles. The number of sulfonamides is 1. The van der Waals surface area contributed by atoms with Crippen LogP contribution < -0.4 is 0 Å². The fraction of sp³-hybridized carbons (Fsp3) is 0.941. The Hall–Kier alpha value is -0.620. The predicted octanol–water partition coefficient (Wildman–Crippen LogP) is 2.62. The normalized spacial score (nSPS) is 23.2. The van der Waals surface area contributed by atoms with E-state index in [1.807, 2.05) is 11.9 Å². The lowest BCUT2D eigenvalue weighted by Gasteiger charge is -2.36. The Morgan fingerprint density at radius 1 is 1.00 bits per heavy atom. The Morgan fingerprint density at radius 3 is 2.04 bits per heavy atom. The average Bonchev–Trinajstić information content (AvgIpc) is 2.53. The molecule has 0 aromatic carbocycles. The van der Waals surface area contributed by atoms with Crippen LogP contribution in [0.2, 0.25) is 0 Å². The van der Waals surface area contributed by atoms with Crippen LogP contribution in [-0.2, 0) is 14.8 Å². The maximum Gasteiger partial charge on any atom is 0.225 e. The minimum Gasteiger partial charge on any atom is -0.343 e. The first-order valence-corrected chi connectivity index (χ1v) is 10.8. The summed E-state index contributed by atoms with van der Waals surface area (Å²) in [6.45, 7) is 2.66. The van der Waals surface area contributed by atoms with E-state index in [9.17, 15) is 13.2 Å². The third kappa shape index (κ3) is 4.92. The van der Waals surface area contributed by atoms with Crippen molar-refractivity contribution in [2.45, 2.75) is 70.8 Å². The van der Waals surface area contributed by atoms with Gasteiger partial charge in [-0.25, -0.2) is 12.7 Å². The van der Waals surface area contributed by atoms with Crippen molar-refractivity contribution in [1.29, 1.82) is 0 Å². The molecule has 0 radical (unpaired) electrons. The zero-order chi connectivity index (χ0) is 16.9. The van der Waals surface area contributed by atoms with Gasteiger partial charge in [0.1, 0.15) is 0 Å². The largest absolute Gasteiger partial charge is 0.343 e. The summed E-state index contributed by atoms with van der Waals surface area (Å²) in [5.74, 6) is 0.367. The summed E-state index contributed by atoms with van der Waals surface area (Å²) in [4.78, 5) is 14.8. The van der Waals surface area contributed by atoms with Gasteiger partial charge < -0.3 is 4.90 Å². The molecule has 0 atom stereocenters. The molecule has 1 aliphatic heterocycles. The average molecular weight is 345 g/mol. The number of hydrogen-bond acceptors (Lipinski definition) is 3. The third-order valence-electron chi connectivity index (χ3n) is 5.53. The van der Waals surface area contributed by atoms with Crippen molar-refractivity contribution in [2.24, 2.45) is 5.92 Å². The van der Waals surface area contributed by atoms with E-state index in [4.69, 9.17) is 0 Å². The molecule has 1 aliphatic carbocycles. The number of amides is 1. The van der Waals surface area contributed by atoms with E-state index in [0.717, 1.165) is 12.8 Å². The molecular weight excluding hydrogens is 312 g/mol. The van der Waals surface area contributed by atoms with Gasteiger partial charge in [0.25, 0.3) is 0 Å². The number of nitrogens with zero attached hydrogens (tertiary/aromatic N) is 2. The quantitative estimate of drug-likeness (QED) is 0.788. The Bertz CT molecular complexity index is 476. The minimum atomic E-state index is -3.11. The van der Waals surface area contributed by atoms with Crippen molar-refractivity contribution in [3.8, 4) is 0 Å². The van der Waals surface area contributed by atoms with Gasteiger partial charge in [-0.05, 0) is 32.6 Å². The van der Waals surface area contributed by atoms with Crippen molar-refractivity contribution in [1.82, 2.24) is 9.21 Å². The lowest BCUT2D eigenvalue weighted by molar-refractivity contribution is -0.138. The van der Waals surface area contributed by atoms with E-state index >= 15 is 0 Å². The van der Waals surface area contributed by atoms with Crippen LogP contribution in [0.5, 0.6) is 0 Å². The van der Waals surface area contributed by atoms with Crippen molar-refractivity contribution in [2.75, 3.05) is 25.9 Å². The van der Waals surface area contributed by atoms with Gasteiger partial charge in [0, 0.05) is 32.1 Å². The van der Waals surface area contributed by atoms with Crippen LogP contribution in [-0.4, -0.2) is 55.5 Å². The number of carbonyl (C=O) groups excluding carboxylic acids is 1. The topological polar surface area (TPSA) is 57.7 Å². The molecule has 2 fully saturated rings. The van der Waals surface area contributed by atoms with Crippen LogP contribution in [0.15, 0.2) is 0 Å². The highest BCUT2D eigenvalue weighted by Crippen LogP contribution is 2.26. The monoisotopic (exact) mass is 344 g/mol. The molecule has 0 aromatic rings. The van der Waals surface area contributed by atoms with Crippen molar-refractivity contribution in [3.63, 3.8) is 0 Å². The van der Waals surface area contributed by atoms with Crippen molar-refractivity contribution < 1.29 is 13.2 Å². The summed E-state index contributed by atoms with van der Waals surface area (Å²) in [5.41, 5.74) is 0. The minimum absolute atomic E-state index is 0.00579. The van der Waals surface area contributed by atoms with Crippen LogP contribution in [0.3, 0.4) is 0 Å². The second-order valence-corrected chi connectivity index (χ2v) is 9.28. The molecule has 0 unspecified atom stereocenters. The molecule has 2 aliphatic rings. The highest BCUT2D eigenvalue weighted by Gasteiger charge is 2.33. The first-order valence-electron chi connectivity index (χ1n) is 9.20. The van der Waals surface area contributed by atoms with Crippen LogP contribution in [0.25, 0.3) is 0 Å². The standard InChI is InChI=1S/C17H32N2O3S/c1-3-23(21,22)19-13-11-15(12-14-19)17(20)18(2)16-9-7-5-4-6-8-10-16/h15-16H,3-14H2,1-2H3. The molecule has 23 heavy (non-hydrogen) atoms. The van der Waals surface area contributed by atoms with Gasteiger partial charge in [0.15, 0.2) is 0 Å². The van der Waals surface area contributed by atoms with Crippen molar-refractivity contribution >= 4 is 15.9 Å². The molecule has 2 rings (SSSR count). The first-order chi connectivity index (χ1) is 11.0. The van der Waals surface area contributed by atoms with Gasteiger partial charge in [-0.1, -0.05) is 32.1 Å². The summed E-state index contributed by atoms with van der Waals surface area (Å²) in [6.07, 6.45) is 9.89. The SMILES string of the molecule is CCS(=O)(=O)N1CCC(C(=O)N(C)C2CCCCCCC2)CC1. The summed E-state index contributed by atoms with van der Waals surface area (Å²) in [7, 11) is -1.16. The van der Waals surface area contributed by atoms with Crippen LogP contribution >= 0.6 is 0 Å². The highest BCUT2D eigenvalue weighted by atomic mass is 32.2. The van der Waals surface area contributed by atoms with Gasteiger partial charge in [-0.3, -0.25) is 4.79 Å². The zero-order valence-electron chi connectivity index (χ0n) is 14.7. The van der Waals surface area contributed by atoms with E-state index in [0.29, 0.717) is 32.0 Å². The molecule has 6 heteroatoms.